The molecule has 0 saturated carbocycles. The summed E-state index contributed by atoms with van der Waals surface area (Å²) < 4.78 is 25.8. The van der Waals surface area contributed by atoms with E-state index in [2.05, 4.69) is 9.73 Å². The Labute approximate surface area is 119 Å². The Morgan fingerprint density at radius 1 is 1.10 bits per heavy atom. The average Bonchev–Trinajstić information content (AvgIpc) is 2.41. The number of nitrogens with one attached hydrogen (secondary N) is 1. The lowest BCUT2D eigenvalue weighted by atomic mass is 9.99. The first kappa shape index (κ1) is 15.6. The lowest BCUT2D eigenvalue weighted by Crippen LogP contribution is -2.56. The van der Waals surface area contributed by atoms with Crippen molar-refractivity contribution >= 4 is 16.2 Å². The predicted octanol–water partition coefficient (Wildman–Crippen LogP) is -1.22. The number of aliphatic carboxylic acids is 1. The van der Waals surface area contributed by atoms with Gasteiger partial charge < -0.3 is 10.0 Å². The molecular weight excluding hydrogens is 284 g/mol. The number of hydrogen-bond donors (Lipinski definition) is 2. The second-order valence-electron chi connectivity index (χ2n) is 5.40. The van der Waals surface area contributed by atoms with Gasteiger partial charge in [-0.2, -0.15) is 12.7 Å². The van der Waals surface area contributed by atoms with Crippen LogP contribution >= 0.6 is 0 Å². The van der Waals surface area contributed by atoms with Gasteiger partial charge in [0.15, 0.2) is 0 Å². The van der Waals surface area contributed by atoms with E-state index in [0.29, 0.717) is 25.9 Å². The topological polar surface area (TPSA) is 93.2 Å². The van der Waals surface area contributed by atoms with Crippen LogP contribution in [0.5, 0.6) is 0 Å². The van der Waals surface area contributed by atoms with Crippen molar-refractivity contribution in [2.24, 2.45) is 5.92 Å². The second-order valence-corrected chi connectivity index (χ2v) is 7.05. The van der Waals surface area contributed by atoms with Gasteiger partial charge in [-0.1, -0.05) is 0 Å². The van der Waals surface area contributed by atoms with Crippen molar-refractivity contribution in [3.05, 3.63) is 0 Å². The second kappa shape index (κ2) is 6.35. The van der Waals surface area contributed by atoms with Crippen molar-refractivity contribution in [3.63, 3.8) is 0 Å². The Morgan fingerprint density at radius 2 is 1.65 bits per heavy atom. The zero-order valence-corrected chi connectivity index (χ0v) is 12.5. The standard InChI is InChI=1S/C11H22N4O4S/c1-13-6-8-14(9-7-13)12-20(18,19)15-4-2-10(3-5-15)11(16)17/h10,12H,2-9H2,1H3,(H,16,17). The van der Waals surface area contributed by atoms with Gasteiger partial charge in [0.2, 0.25) is 0 Å². The Balaban J connectivity index is 1.86. The largest absolute Gasteiger partial charge is 0.481 e. The molecular formula is C11H22N4O4S. The molecule has 2 fully saturated rings. The van der Waals surface area contributed by atoms with E-state index in [1.807, 2.05) is 7.05 Å². The number of rotatable bonds is 4. The van der Waals surface area contributed by atoms with Gasteiger partial charge in [-0.3, -0.25) is 4.79 Å². The van der Waals surface area contributed by atoms with Crippen LogP contribution in [0.25, 0.3) is 0 Å². The molecule has 2 aliphatic rings. The first-order valence-corrected chi connectivity index (χ1v) is 8.26. The number of likely N-dealkylation sites (N-methyl/N-ethyl adjacent to an activating group) is 1. The Bertz CT molecular complexity index is 439. The Morgan fingerprint density at radius 3 is 2.15 bits per heavy atom. The average molecular weight is 306 g/mol. The molecule has 0 aromatic carbocycles. The maximum atomic E-state index is 12.2. The van der Waals surface area contributed by atoms with Crippen molar-refractivity contribution in [1.82, 2.24) is 19.0 Å². The van der Waals surface area contributed by atoms with Crippen LogP contribution in [-0.2, 0) is 15.0 Å². The minimum atomic E-state index is -3.55. The van der Waals surface area contributed by atoms with Crippen LogP contribution in [0.2, 0.25) is 0 Å². The fraction of sp³-hybridized carbons (Fsp3) is 0.909. The maximum absolute atomic E-state index is 12.2. The molecule has 2 heterocycles. The van der Waals surface area contributed by atoms with Crippen LogP contribution in [-0.4, -0.2) is 80.0 Å². The summed E-state index contributed by atoms with van der Waals surface area (Å²) in [5, 5.41) is 10.6. The van der Waals surface area contributed by atoms with Crippen LogP contribution < -0.4 is 4.83 Å². The highest BCUT2D eigenvalue weighted by Gasteiger charge is 2.32. The molecule has 0 bridgehead atoms. The zero-order chi connectivity index (χ0) is 14.8. The van der Waals surface area contributed by atoms with Gasteiger partial charge in [0, 0.05) is 39.3 Å². The van der Waals surface area contributed by atoms with E-state index in [4.69, 9.17) is 5.11 Å². The van der Waals surface area contributed by atoms with Crippen LogP contribution in [0.4, 0.5) is 0 Å². The molecule has 116 valence electrons. The van der Waals surface area contributed by atoms with Crippen molar-refractivity contribution in [2.75, 3.05) is 46.3 Å². The predicted molar refractivity (Wildman–Crippen MR) is 73.1 cm³/mol. The maximum Gasteiger partial charge on any atom is 0.306 e. The summed E-state index contributed by atoms with van der Waals surface area (Å²) in [5.41, 5.74) is 0. The zero-order valence-electron chi connectivity index (χ0n) is 11.7. The molecule has 0 aromatic heterocycles. The van der Waals surface area contributed by atoms with Gasteiger partial charge in [0.1, 0.15) is 0 Å². The monoisotopic (exact) mass is 306 g/mol. The van der Waals surface area contributed by atoms with Gasteiger partial charge in [0.05, 0.1) is 5.92 Å². The highest BCUT2D eigenvalue weighted by molar-refractivity contribution is 7.87. The lowest BCUT2D eigenvalue weighted by molar-refractivity contribution is -0.142. The quantitative estimate of drug-likeness (QED) is 0.676. The van der Waals surface area contributed by atoms with Crippen LogP contribution in [0.1, 0.15) is 12.8 Å². The van der Waals surface area contributed by atoms with Crippen molar-refractivity contribution < 1.29 is 18.3 Å². The lowest BCUT2D eigenvalue weighted by Gasteiger charge is -2.35. The minimum absolute atomic E-state index is 0.264. The SMILES string of the molecule is CN1CCN(NS(=O)(=O)N2CCC(C(=O)O)CC2)CC1. The molecule has 0 spiro atoms. The van der Waals surface area contributed by atoms with Gasteiger partial charge in [-0.25, -0.2) is 5.01 Å². The molecule has 8 nitrogen and oxygen atoms in total. The molecule has 0 aromatic rings. The van der Waals surface area contributed by atoms with E-state index < -0.39 is 22.1 Å². The van der Waals surface area contributed by atoms with E-state index >= 15 is 0 Å². The number of hydrogen-bond acceptors (Lipinski definition) is 5. The van der Waals surface area contributed by atoms with Gasteiger partial charge in [-0.05, 0) is 19.9 Å². The molecule has 2 saturated heterocycles. The van der Waals surface area contributed by atoms with Gasteiger partial charge in [0.25, 0.3) is 10.2 Å². The van der Waals surface area contributed by atoms with E-state index in [9.17, 15) is 13.2 Å². The number of piperazine rings is 1. The summed E-state index contributed by atoms with van der Waals surface area (Å²) in [5.74, 6) is -1.26. The number of nitrogens with zero attached hydrogens (tertiary/aromatic N) is 3. The van der Waals surface area contributed by atoms with E-state index in [1.54, 1.807) is 5.01 Å². The molecule has 9 heteroatoms. The van der Waals surface area contributed by atoms with Gasteiger partial charge in [-0.15, -0.1) is 4.83 Å². The Hall–Kier alpha value is -0.740. The fourth-order valence-electron chi connectivity index (χ4n) is 2.46. The number of piperidine rings is 1. The number of carbonyl (C=O) groups is 1. The molecule has 20 heavy (non-hydrogen) atoms. The number of carboxylic acid groups (broad SMARTS) is 1. The van der Waals surface area contributed by atoms with Crippen molar-refractivity contribution in [2.45, 2.75) is 12.8 Å². The molecule has 2 aliphatic heterocycles. The summed E-state index contributed by atoms with van der Waals surface area (Å²) in [6.07, 6.45) is 0.748. The first-order valence-electron chi connectivity index (χ1n) is 6.82. The third kappa shape index (κ3) is 3.89. The summed E-state index contributed by atoms with van der Waals surface area (Å²) in [4.78, 5) is 15.6. The number of carboxylic acids is 1. The van der Waals surface area contributed by atoms with Crippen LogP contribution in [0.15, 0.2) is 0 Å². The molecule has 0 atom stereocenters. The molecule has 0 radical (unpaired) electrons. The molecule has 0 unspecified atom stereocenters. The highest BCUT2D eigenvalue weighted by Crippen LogP contribution is 2.19. The van der Waals surface area contributed by atoms with Crippen molar-refractivity contribution in [3.8, 4) is 0 Å². The molecule has 2 rings (SSSR count). The van der Waals surface area contributed by atoms with Crippen LogP contribution in [0.3, 0.4) is 0 Å². The smallest absolute Gasteiger partial charge is 0.306 e. The van der Waals surface area contributed by atoms with E-state index in [-0.39, 0.29) is 13.1 Å². The summed E-state index contributed by atoms with van der Waals surface area (Å²) in [6, 6.07) is 0. The highest BCUT2D eigenvalue weighted by atomic mass is 32.2. The Kier molecular flexibility index (Phi) is 4.97. The third-order valence-electron chi connectivity index (χ3n) is 3.89. The van der Waals surface area contributed by atoms with Crippen molar-refractivity contribution in [1.29, 1.82) is 0 Å². The first-order chi connectivity index (χ1) is 9.38. The summed E-state index contributed by atoms with van der Waals surface area (Å²) in [6.45, 7) is 3.48. The summed E-state index contributed by atoms with van der Waals surface area (Å²) >= 11 is 0. The van der Waals surface area contributed by atoms with E-state index in [0.717, 1.165) is 13.1 Å². The number of hydrazine groups is 1. The van der Waals surface area contributed by atoms with Gasteiger partial charge >= 0.3 is 5.97 Å². The summed E-state index contributed by atoms with van der Waals surface area (Å²) in [7, 11) is -1.55. The third-order valence-corrected chi connectivity index (χ3v) is 5.42. The minimum Gasteiger partial charge on any atom is -0.481 e. The van der Waals surface area contributed by atoms with Crippen LogP contribution in [0, 0.1) is 5.92 Å². The molecule has 2 N–H and O–H groups in total. The molecule has 0 aliphatic carbocycles. The fourth-order valence-corrected chi connectivity index (χ4v) is 3.78. The molecule has 0 amide bonds. The van der Waals surface area contributed by atoms with E-state index in [1.165, 1.54) is 4.31 Å². The normalized spacial score (nSPS) is 24.9.